The van der Waals surface area contributed by atoms with E-state index in [0.717, 1.165) is 11.8 Å². The number of rotatable bonds is 4. The summed E-state index contributed by atoms with van der Waals surface area (Å²) in [5.41, 5.74) is 0. The average molecular weight is 173 g/mol. The second-order valence-corrected chi connectivity index (χ2v) is 3.94. The standard InChI is InChI=1S/C9H19NS/c1-10(8-11)7-6-9-4-2-3-5-9/h9,11H,2-8H2,1H3. The van der Waals surface area contributed by atoms with E-state index in [2.05, 4.69) is 24.6 Å². The Labute approximate surface area is 75.6 Å². The molecule has 1 aliphatic rings. The van der Waals surface area contributed by atoms with Crippen LogP contribution < -0.4 is 0 Å². The third-order valence-electron chi connectivity index (χ3n) is 2.64. The Balaban J connectivity index is 2.01. The van der Waals surface area contributed by atoms with E-state index >= 15 is 0 Å². The molecule has 1 nitrogen and oxygen atoms in total. The highest BCUT2D eigenvalue weighted by Crippen LogP contribution is 2.27. The van der Waals surface area contributed by atoms with Crippen LogP contribution >= 0.6 is 12.6 Å². The molecule has 0 heterocycles. The van der Waals surface area contributed by atoms with Crippen molar-refractivity contribution in [3.8, 4) is 0 Å². The number of hydrogen-bond donors (Lipinski definition) is 1. The van der Waals surface area contributed by atoms with Crippen LogP contribution in [0.3, 0.4) is 0 Å². The predicted molar refractivity (Wildman–Crippen MR) is 53.1 cm³/mol. The Bertz CT molecular complexity index is 99.7. The first-order valence-electron chi connectivity index (χ1n) is 4.62. The summed E-state index contributed by atoms with van der Waals surface area (Å²) in [7, 11) is 2.14. The lowest BCUT2D eigenvalue weighted by Gasteiger charge is -2.15. The van der Waals surface area contributed by atoms with Crippen LogP contribution in [0.15, 0.2) is 0 Å². The molecule has 0 aromatic carbocycles. The van der Waals surface area contributed by atoms with E-state index in [9.17, 15) is 0 Å². The molecule has 1 aliphatic carbocycles. The van der Waals surface area contributed by atoms with E-state index in [4.69, 9.17) is 0 Å². The van der Waals surface area contributed by atoms with Gasteiger partial charge in [0.15, 0.2) is 0 Å². The summed E-state index contributed by atoms with van der Waals surface area (Å²) in [4.78, 5) is 2.28. The maximum atomic E-state index is 4.22. The first-order chi connectivity index (χ1) is 5.33. The van der Waals surface area contributed by atoms with Crippen molar-refractivity contribution in [3.05, 3.63) is 0 Å². The molecule has 0 aliphatic heterocycles. The monoisotopic (exact) mass is 173 g/mol. The second-order valence-electron chi connectivity index (χ2n) is 3.66. The normalized spacial score (nSPS) is 19.9. The maximum absolute atomic E-state index is 4.22. The molecule has 0 aromatic rings. The lowest BCUT2D eigenvalue weighted by Crippen LogP contribution is -2.19. The zero-order valence-electron chi connectivity index (χ0n) is 7.42. The van der Waals surface area contributed by atoms with Crippen molar-refractivity contribution in [3.63, 3.8) is 0 Å². The highest BCUT2D eigenvalue weighted by atomic mass is 32.1. The van der Waals surface area contributed by atoms with E-state index in [1.54, 1.807) is 0 Å². The largest absolute Gasteiger partial charge is 0.297 e. The van der Waals surface area contributed by atoms with Gasteiger partial charge in [-0.3, -0.25) is 4.90 Å². The molecule has 1 saturated carbocycles. The summed E-state index contributed by atoms with van der Waals surface area (Å²) in [6.07, 6.45) is 7.27. The number of hydrogen-bond acceptors (Lipinski definition) is 2. The van der Waals surface area contributed by atoms with Gasteiger partial charge in [0, 0.05) is 5.88 Å². The van der Waals surface area contributed by atoms with E-state index in [1.807, 2.05) is 0 Å². The topological polar surface area (TPSA) is 3.24 Å². The van der Waals surface area contributed by atoms with Crippen LogP contribution in [-0.2, 0) is 0 Å². The molecular formula is C9H19NS. The predicted octanol–water partition coefficient (Wildman–Crippen LogP) is 2.39. The Hall–Kier alpha value is 0.310. The summed E-state index contributed by atoms with van der Waals surface area (Å²) >= 11 is 4.22. The summed E-state index contributed by atoms with van der Waals surface area (Å²) in [6.45, 7) is 1.23. The fourth-order valence-electron chi connectivity index (χ4n) is 1.77. The smallest absolute Gasteiger partial charge is 0.0411 e. The molecule has 0 radical (unpaired) electrons. The fourth-order valence-corrected chi connectivity index (χ4v) is 1.91. The molecule has 66 valence electrons. The van der Waals surface area contributed by atoms with Crippen molar-refractivity contribution in [1.29, 1.82) is 0 Å². The molecular weight excluding hydrogens is 154 g/mol. The third-order valence-corrected chi connectivity index (χ3v) is 3.12. The van der Waals surface area contributed by atoms with Crippen LogP contribution in [-0.4, -0.2) is 24.4 Å². The number of thiol groups is 1. The first kappa shape index (κ1) is 9.40. The Morgan fingerprint density at radius 2 is 2.00 bits per heavy atom. The van der Waals surface area contributed by atoms with Gasteiger partial charge >= 0.3 is 0 Å². The molecule has 0 atom stereocenters. The Morgan fingerprint density at radius 3 is 2.55 bits per heavy atom. The van der Waals surface area contributed by atoms with Gasteiger partial charge in [-0.2, -0.15) is 12.6 Å². The molecule has 0 spiro atoms. The van der Waals surface area contributed by atoms with Crippen molar-refractivity contribution >= 4 is 12.6 Å². The molecule has 0 N–H and O–H groups in total. The average Bonchev–Trinajstić information content (AvgIpc) is 2.52. The van der Waals surface area contributed by atoms with E-state index in [1.165, 1.54) is 38.6 Å². The van der Waals surface area contributed by atoms with Crippen molar-refractivity contribution in [2.75, 3.05) is 19.5 Å². The van der Waals surface area contributed by atoms with E-state index < -0.39 is 0 Å². The van der Waals surface area contributed by atoms with E-state index in [-0.39, 0.29) is 0 Å². The lowest BCUT2D eigenvalue weighted by molar-refractivity contribution is 0.343. The van der Waals surface area contributed by atoms with Crippen molar-refractivity contribution in [2.45, 2.75) is 32.1 Å². The first-order valence-corrected chi connectivity index (χ1v) is 5.25. The molecule has 2 heteroatoms. The van der Waals surface area contributed by atoms with Gasteiger partial charge in [-0.15, -0.1) is 0 Å². The minimum Gasteiger partial charge on any atom is -0.297 e. The molecule has 11 heavy (non-hydrogen) atoms. The Morgan fingerprint density at radius 1 is 1.36 bits per heavy atom. The van der Waals surface area contributed by atoms with Crippen LogP contribution in [0, 0.1) is 5.92 Å². The maximum Gasteiger partial charge on any atom is 0.0411 e. The quantitative estimate of drug-likeness (QED) is 0.504. The zero-order valence-corrected chi connectivity index (χ0v) is 8.32. The summed E-state index contributed by atoms with van der Waals surface area (Å²) in [6, 6.07) is 0. The van der Waals surface area contributed by atoms with Crippen LogP contribution in [0.2, 0.25) is 0 Å². The highest BCUT2D eigenvalue weighted by molar-refractivity contribution is 7.80. The highest BCUT2D eigenvalue weighted by Gasteiger charge is 2.14. The van der Waals surface area contributed by atoms with Gasteiger partial charge < -0.3 is 0 Å². The van der Waals surface area contributed by atoms with Gasteiger partial charge in [-0.1, -0.05) is 25.7 Å². The van der Waals surface area contributed by atoms with Crippen molar-refractivity contribution in [2.24, 2.45) is 5.92 Å². The SMILES string of the molecule is CN(CS)CCC1CCCC1. The van der Waals surface area contributed by atoms with Gasteiger partial charge in [0.25, 0.3) is 0 Å². The van der Waals surface area contributed by atoms with Gasteiger partial charge in [0.1, 0.15) is 0 Å². The van der Waals surface area contributed by atoms with Gasteiger partial charge in [0.2, 0.25) is 0 Å². The van der Waals surface area contributed by atoms with Crippen LogP contribution in [0.4, 0.5) is 0 Å². The van der Waals surface area contributed by atoms with Crippen LogP contribution in [0.5, 0.6) is 0 Å². The molecule has 0 amide bonds. The van der Waals surface area contributed by atoms with Crippen molar-refractivity contribution < 1.29 is 0 Å². The minimum atomic E-state index is 0.896. The van der Waals surface area contributed by atoms with Crippen LogP contribution in [0.1, 0.15) is 32.1 Å². The van der Waals surface area contributed by atoms with Gasteiger partial charge in [-0.25, -0.2) is 0 Å². The molecule has 0 saturated heterocycles. The minimum absolute atomic E-state index is 0.896. The van der Waals surface area contributed by atoms with Gasteiger partial charge in [0.05, 0.1) is 0 Å². The molecule has 0 bridgehead atoms. The van der Waals surface area contributed by atoms with Crippen molar-refractivity contribution in [1.82, 2.24) is 4.90 Å². The molecule has 1 rings (SSSR count). The summed E-state index contributed by atoms with van der Waals surface area (Å²) < 4.78 is 0. The van der Waals surface area contributed by atoms with Gasteiger partial charge in [-0.05, 0) is 25.9 Å². The summed E-state index contributed by atoms with van der Waals surface area (Å²) in [5.74, 6) is 1.92. The zero-order chi connectivity index (χ0) is 8.10. The molecule has 1 fully saturated rings. The summed E-state index contributed by atoms with van der Waals surface area (Å²) in [5, 5.41) is 0. The lowest BCUT2D eigenvalue weighted by atomic mass is 10.0. The van der Waals surface area contributed by atoms with E-state index in [0.29, 0.717) is 0 Å². The molecule has 0 unspecified atom stereocenters. The third kappa shape index (κ3) is 3.48. The fraction of sp³-hybridized carbons (Fsp3) is 1.00. The van der Waals surface area contributed by atoms with Crippen LogP contribution in [0.25, 0.3) is 0 Å². The number of nitrogens with zero attached hydrogens (tertiary/aromatic N) is 1. The second kappa shape index (κ2) is 5.04. The molecule has 0 aromatic heterocycles. The Kier molecular flexibility index (Phi) is 4.31.